The first kappa shape index (κ1) is 18.0. The molecule has 118 valence electrons. The summed E-state index contributed by atoms with van der Waals surface area (Å²) in [6, 6.07) is 8.33. The van der Waals surface area contributed by atoms with Crippen LogP contribution in [0.4, 0.5) is 0 Å². The maximum atomic E-state index is 12.1. The van der Waals surface area contributed by atoms with Gasteiger partial charge in [-0.1, -0.05) is 24.3 Å². The minimum Gasteiger partial charge on any atom is -0.350 e. The highest BCUT2D eigenvalue weighted by Gasteiger charge is 2.16. The lowest BCUT2D eigenvalue weighted by Gasteiger charge is -2.22. The van der Waals surface area contributed by atoms with Gasteiger partial charge in [0.1, 0.15) is 0 Å². The second-order valence-corrected chi connectivity index (χ2v) is 5.88. The van der Waals surface area contributed by atoms with Crippen LogP contribution in [0.1, 0.15) is 49.8 Å². The van der Waals surface area contributed by atoms with E-state index in [1.54, 1.807) is 0 Å². The molecular weight excluding hydrogens is 284 g/mol. The van der Waals surface area contributed by atoms with E-state index in [2.05, 4.69) is 36.6 Å². The first-order chi connectivity index (χ1) is 9.66. The Kier molecular flexibility index (Phi) is 7.76. The van der Waals surface area contributed by atoms with Crippen LogP contribution in [0, 0.1) is 12.8 Å². The highest BCUT2D eigenvalue weighted by Crippen LogP contribution is 2.19. The van der Waals surface area contributed by atoms with Crippen molar-refractivity contribution in [3.63, 3.8) is 0 Å². The fourth-order valence-electron chi connectivity index (χ4n) is 2.97. The average Bonchev–Trinajstić information content (AvgIpc) is 2.46. The van der Waals surface area contributed by atoms with Crippen LogP contribution in [0.2, 0.25) is 0 Å². The van der Waals surface area contributed by atoms with Gasteiger partial charge in [0.25, 0.3) is 0 Å². The largest absolute Gasteiger partial charge is 0.350 e. The molecule has 1 heterocycles. The summed E-state index contributed by atoms with van der Waals surface area (Å²) in [5.41, 5.74) is 2.45. The molecule has 1 amide bonds. The smallest absolute Gasteiger partial charge is 0.220 e. The summed E-state index contributed by atoms with van der Waals surface area (Å²) in [4.78, 5) is 12.1. The molecule has 2 rings (SSSR count). The second kappa shape index (κ2) is 9.06. The van der Waals surface area contributed by atoms with Gasteiger partial charge in [-0.2, -0.15) is 0 Å². The molecule has 0 bridgehead atoms. The average molecular weight is 311 g/mol. The van der Waals surface area contributed by atoms with Crippen molar-refractivity contribution in [1.29, 1.82) is 0 Å². The fourth-order valence-corrected chi connectivity index (χ4v) is 2.97. The van der Waals surface area contributed by atoms with Gasteiger partial charge in [0.2, 0.25) is 5.91 Å². The van der Waals surface area contributed by atoms with Crippen LogP contribution in [-0.2, 0) is 4.79 Å². The summed E-state index contributed by atoms with van der Waals surface area (Å²) in [6.45, 7) is 6.36. The molecule has 1 aromatic rings. The Hall–Kier alpha value is -1.06. The van der Waals surface area contributed by atoms with Crippen LogP contribution in [0.25, 0.3) is 0 Å². The van der Waals surface area contributed by atoms with Crippen LogP contribution in [-0.4, -0.2) is 19.0 Å². The molecule has 0 aliphatic carbocycles. The SMILES string of the molecule is Cc1ccccc1C(C)NC(=O)CCC1CCNCC1.Cl. The van der Waals surface area contributed by atoms with Crippen molar-refractivity contribution in [2.24, 2.45) is 5.92 Å². The van der Waals surface area contributed by atoms with Crippen molar-refractivity contribution < 1.29 is 4.79 Å². The number of benzene rings is 1. The third kappa shape index (κ3) is 5.68. The third-order valence-electron chi connectivity index (χ3n) is 4.27. The molecule has 0 aromatic heterocycles. The molecule has 1 saturated heterocycles. The summed E-state index contributed by atoms with van der Waals surface area (Å²) in [7, 11) is 0. The van der Waals surface area contributed by atoms with Gasteiger partial charge >= 0.3 is 0 Å². The van der Waals surface area contributed by atoms with E-state index in [1.165, 1.54) is 24.0 Å². The van der Waals surface area contributed by atoms with E-state index < -0.39 is 0 Å². The van der Waals surface area contributed by atoms with Gasteiger partial charge in [0.05, 0.1) is 6.04 Å². The molecule has 3 nitrogen and oxygen atoms in total. The van der Waals surface area contributed by atoms with Crippen molar-refractivity contribution in [2.45, 2.75) is 45.6 Å². The van der Waals surface area contributed by atoms with Crippen LogP contribution >= 0.6 is 12.4 Å². The summed E-state index contributed by atoms with van der Waals surface area (Å²) >= 11 is 0. The zero-order valence-electron chi connectivity index (χ0n) is 13.0. The van der Waals surface area contributed by atoms with Gasteiger partial charge in [-0.05, 0) is 63.2 Å². The van der Waals surface area contributed by atoms with Crippen LogP contribution in [0.15, 0.2) is 24.3 Å². The zero-order chi connectivity index (χ0) is 14.4. The number of amides is 1. The Morgan fingerprint density at radius 3 is 2.67 bits per heavy atom. The molecule has 1 aliphatic rings. The van der Waals surface area contributed by atoms with Crippen molar-refractivity contribution in [1.82, 2.24) is 10.6 Å². The van der Waals surface area contributed by atoms with Crippen LogP contribution in [0.3, 0.4) is 0 Å². The van der Waals surface area contributed by atoms with E-state index >= 15 is 0 Å². The zero-order valence-corrected chi connectivity index (χ0v) is 13.8. The lowest BCUT2D eigenvalue weighted by molar-refractivity contribution is -0.122. The minimum absolute atomic E-state index is 0. The Labute approximate surface area is 134 Å². The molecule has 21 heavy (non-hydrogen) atoms. The van der Waals surface area contributed by atoms with Crippen LogP contribution < -0.4 is 10.6 Å². The lowest BCUT2D eigenvalue weighted by atomic mass is 9.93. The molecule has 0 radical (unpaired) electrons. The molecular formula is C17H27ClN2O. The van der Waals surface area contributed by atoms with Crippen molar-refractivity contribution in [3.05, 3.63) is 35.4 Å². The maximum absolute atomic E-state index is 12.1. The van der Waals surface area contributed by atoms with Gasteiger partial charge in [-0.15, -0.1) is 12.4 Å². The van der Waals surface area contributed by atoms with Crippen molar-refractivity contribution >= 4 is 18.3 Å². The Morgan fingerprint density at radius 1 is 1.33 bits per heavy atom. The van der Waals surface area contributed by atoms with E-state index in [0.29, 0.717) is 6.42 Å². The normalized spacial score (nSPS) is 16.9. The first-order valence-corrected chi connectivity index (χ1v) is 7.72. The summed E-state index contributed by atoms with van der Waals surface area (Å²) in [6.07, 6.45) is 4.09. The highest BCUT2D eigenvalue weighted by molar-refractivity contribution is 5.85. The Morgan fingerprint density at radius 2 is 2.00 bits per heavy atom. The third-order valence-corrected chi connectivity index (χ3v) is 4.27. The number of piperidine rings is 1. The van der Waals surface area contributed by atoms with Gasteiger partial charge in [-0.25, -0.2) is 0 Å². The number of nitrogens with one attached hydrogen (secondary N) is 2. The van der Waals surface area contributed by atoms with E-state index in [-0.39, 0.29) is 24.4 Å². The minimum atomic E-state index is 0. The first-order valence-electron chi connectivity index (χ1n) is 7.72. The Balaban J connectivity index is 0.00000220. The quantitative estimate of drug-likeness (QED) is 0.875. The van der Waals surface area contributed by atoms with Gasteiger partial charge < -0.3 is 10.6 Å². The molecule has 0 spiro atoms. The second-order valence-electron chi connectivity index (χ2n) is 5.88. The number of rotatable bonds is 5. The molecule has 1 unspecified atom stereocenters. The maximum Gasteiger partial charge on any atom is 0.220 e. The highest BCUT2D eigenvalue weighted by atomic mass is 35.5. The monoisotopic (exact) mass is 310 g/mol. The summed E-state index contributed by atoms with van der Waals surface area (Å²) in [5, 5.41) is 6.48. The number of halogens is 1. The van der Waals surface area contributed by atoms with E-state index in [1.807, 2.05) is 12.1 Å². The van der Waals surface area contributed by atoms with Crippen molar-refractivity contribution in [2.75, 3.05) is 13.1 Å². The molecule has 0 saturated carbocycles. The summed E-state index contributed by atoms with van der Waals surface area (Å²) in [5.74, 6) is 0.898. The van der Waals surface area contributed by atoms with Gasteiger partial charge in [-0.3, -0.25) is 4.79 Å². The van der Waals surface area contributed by atoms with Gasteiger partial charge in [0.15, 0.2) is 0 Å². The van der Waals surface area contributed by atoms with Crippen LogP contribution in [0.5, 0.6) is 0 Å². The number of hydrogen-bond donors (Lipinski definition) is 2. The number of hydrogen-bond acceptors (Lipinski definition) is 2. The number of aryl methyl sites for hydroxylation is 1. The summed E-state index contributed by atoms with van der Waals surface area (Å²) < 4.78 is 0. The Bertz CT molecular complexity index is 444. The van der Waals surface area contributed by atoms with Gasteiger partial charge in [0, 0.05) is 6.42 Å². The number of carbonyl (C=O) groups excluding carboxylic acids is 1. The lowest BCUT2D eigenvalue weighted by Crippen LogP contribution is -2.30. The molecule has 1 fully saturated rings. The fraction of sp³-hybridized carbons (Fsp3) is 0.588. The molecule has 1 atom stereocenters. The molecule has 1 aliphatic heterocycles. The van der Waals surface area contributed by atoms with Crippen molar-refractivity contribution in [3.8, 4) is 0 Å². The molecule has 4 heteroatoms. The predicted molar refractivity (Wildman–Crippen MR) is 89.8 cm³/mol. The standard InChI is InChI=1S/C17H26N2O.ClH/c1-13-5-3-4-6-16(13)14(2)19-17(20)8-7-15-9-11-18-12-10-15;/h3-6,14-15,18H,7-12H2,1-2H3,(H,19,20);1H. The van der Waals surface area contributed by atoms with E-state index in [4.69, 9.17) is 0 Å². The van der Waals surface area contributed by atoms with E-state index in [9.17, 15) is 4.79 Å². The molecule has 1 aromatic carbocycles. The predicted octanol–water partition coefficient (Wildman–Crippen LogP) is 3.37. The van der Waals surface area contributed by atoms with E-state index in [0.717, 1.165) is 25.4 Å². The number of carbonyl (C=O) groups is 1. The topological polar surface area (TPSA) is 41.1 Å². The molecule has 2 N–H and O–H groups in total.